The highest BCUT2D eigenvalue weighted by Gasteiger charge is 2.46. The third kappa shape index (κ3) is 6.89. The van der Waals surface area contributed by atoms with Gasteiger partial charge in [-0.15, -0.1) is 0 Å². The van der Waals surface area contributed by atoms with Gasteiger partial charge in [0.25, 0.3) is 0 Å². The number of fused-ring (bicyclic) bond motifs is 3. The molecule has 8 aromatic rings. The predicted octanol–water partition coefficient (Wildman–Crippen LogP) is 16.9. The Hall–Kier alpha value is -6.44. The zero-order chi connectivity index (χ0) is 41.3. The molecule has 2 fully saturated rings. The van der Waals surface area contributed by atoms with Crippen LogP contribution >= 0.6 is 0 Å². The first-order valence-corrected chi connectivity index (χ1v) is 23.3. The largest absolute Gasteiger partial charge is 0.310 e. The second kappa shape index (κ2) is 16.8. The highest BCUT2D eigenvalue weighted by atomic mass is 15.1. The molecule has 1 nitrogen and oxygen atoms in total. The maximum Gasteiger partial charge on any atom is 0.0714 e. The lowest BCUT2D eigenvalue weighted by atomic mass is 9.67. The van der Waals surface area contributed by atoms with Crippen LogP contribution in [0, 0.1) is 0 Å². The first kappa shape index (κ1) is 38.5. The van der Waals surface area contributed by atoms with Crippen molar-refractivity contribution in [1.29, 1.82) is 0 Å². The van der Waals surface area contributed by atoms with Crippen LogP contribution in [0.15, 0.2) is 200 Å². The number of anilines is 3. The molecular weight excluding hydrogens is 747 g/mol. The molecule has 0 atom stereocenters. The summed E-state index contributed by atoms with van der Waals surface area (Å²) in [5.74, 6) is 1.37. The maximum absolute atomic E-state index is 2.49. The van der Waals surface area contributed by atoms with Crippen LogP contribution in [0.1, 0.15) is 109 Å². The minimum atomic E-state index is -0.469. The van der Waals surface area contributed by atoms with Crippen LogP contribution in [0.5, 0.6) is 0 Å². The maximum atomic E-state index is 2.49. The Balaban J connectivity index is 1.02. The predicted molar refractivity (Wildman–Crippen MR) is 261 cm³/mol. The quantitative estimate of drug-likeness (QED) is 0.141. The molecule has 0 aliphatic heterocycles. The molecule has 3 aliphatic carbocycles. The molecule has 304 valence electrons. The molecule has 0 amide bonds. The van der Waals surface area contributed by atoms with E-state index in [1.807, 2.05) is 0 Å². The van der Waals surface area contributed by atoms with E-state index >= 15 is 0 Å². The molecule has 0 spiro atoms. The van der Waals surface area contributed by atoms with Crippen LogP contribution in [0.4, 0.5) is 17.1 Å². The Morgan fingerprint density at radius 3 is 1.26 bits per heavy atom. The van der Waals surface area contributed by atoms with Gasteiger partial charge in [-0.1, -0.05) is 202 Å². The Bertz CT molecular complexity index is 2730. The van der Waals surface area contributed by atoms with E-state index in [2.05, 4.69) is 205 Å². The van der Waals surface area contributed by atoms with E-state index in [1.165, 1.54) is 137 Å². The molecule has 0 N–H and O–H groups in total. The van der Waals surface area contributed by atoms with Gasteiger partial charge in [-0.2, -0.15) is 0 Å². The second-order valence-electron chi connectivity index (χ2n) is 18.1. The monoisotopic (exact) mass is 801 g/mol. The summed E-state index contributed by atoms with van der Waals surface area (Å²) in [4.78, 5) is 2.48. The van der Waals surface area contributed by atoms with Crippen molar-refractivity contribution in [2.45, 2.75) is 81.5 Å². The molecule has 11 rings (SSSR count). The molecule has 0 unspecified atom stereocenters. The van der Waals surface area contributed by atoms with Crippen LogP contribution in [-0.4, -0.2) is 0 Å². The van der Waals surface area contributed by atoms with Gasteiger partial charge in [0.05, 0.1) is 5.41 Å². The van der Waals surface area contributed by atoms with E-state index in [9.17, 15) is 0 Å². The fraction of sp³-hybridized carbons (Fsp3) is 0.213. The standard InChI is InChI=1S/C61H55N/c1-5-17-44(18-6-1)46-29-31-48(32-30-46)55-25-13-14-26-56(55)49-35-39-53(40-36-49)62(52-37-33-47(34-38-52)45-19-7-2-8-20-45)54-41-42-58-57-27-15-16-28-59(57)61(60(58)43-54,50-21-9-3-10-22-50)51-23-11-4-12-24-51/h3-4,9-16,21-45H,1-2,5-8,17-20H2. The average molecular weight is 802 g/mol. The normalized spacial score (nSPS) is 16.1. The Kier molecular flexibility index (Phi) is 10.4. The summed E-state index contributed by atoms with van der Waals surface area (Å²) in [5, 5.41) is 0. The van der Waals surface area contributed by atoms with Gasteiger partial charge < -0.3 is 4.90 Å². The molecule has 1 heteroatoms. The SMILES string of the molecule is c1ccc(C2(c3ccccc3)c3ccccc3-c3ccc(N(c4ccc(-c5ccccc5-c5ccc(C6CCCCC6)cc5)cc4)c4ccc(C5CCCCC5)cc4)cc32)cc1. The van der Waals surface area contributed by atoms with Crippen LogP contribution < -0.4 is 4.90 Å². The molecule has 0 bridgehead atoms. The van der Waals surface area contributed by atoms with Crippen molar-refractivity contribution in [3.05, 3.63) is 234 Å². The summed E-state index contributed by atoms with van der Waals surface area (Å²) in [5.41, 5.74) is 18.9. The number of rotatable bonds is 9. The molecule has 0 radical (unpaired) electrons. The minimum Gasteiger partial charge on any atom is -0.310 e. The van der Waals surface area contributed by atoms with Crippen molar-refractivity contribution in [3.63, 3.8) is 0 Å². The van der Waals surface area contributed by atoms with Crippen LogP contribution in [0.25, 0.3) is 33.4 Å². The van der Waals surface area contributed by atoms with E-state index in [-0.39, 0.29) is 0 Å². The van der Waals surface area contributed by atoms with Crippen LogP contribution in [0.3, 0.4) is 0 Å². The van der Waals surface area contributed by atoms with Crippen LogP contribution in [0.2, 0.25) is 0 Å². The second-order valence-corrected chi connectivity index (χ2v) is 18.1. The van der Waals surface area contributed by atoms with E-state index in [0.717, 1.165) is 11.4 Å². The van der Waals surface area contributed by atoms with Crippen molar-refractivity contribution in [2.75, 3.05) is 4.90 Å². The van der Waals surface area contributed by atoms with Gasteiger partial charge in [0.2, 0.25) is 0 Å². The lowest BCUT2D eigenvalue weighted by Crippen LogP contribution is -2.28. The molecule has 0 heterocycles. The zero-order valence-electron chi connectivity index (χ0n) is 35.7. The Labute approximate surface area is 368 Å². The highest BCUT2D eigenvalue weighted by molar-refractivity contribution is 5.90. The molecule has 0 saturated heterocycles. The molecule has 2 saturated carbocycles. The van der Waals surface area contributed by atoms with Gasteiger partial charge in [-0.05, 0) is 141 Å². The lowest BCUT2D eigenvalue weighted by molar-refractivity contribution is 0.443. The summed E-state index contributed by atoms with van der Waals surface area (Å²) in [7, 11) is 0. The first-order valence-electron chi connectivity index (χ1n) is 23.3. The number of hydrogen-bond donors (Lipinski definition) is 0. The minimum absolute atomic E-state index is 0.469. The van der Waals surface area contributed by atoms with Gasteiger partial charge >= 0.3 is 0 Å². The lowest BCUT2D eigenvalue weighted by Gasteiger charge is -2.35. The van der Waals surface area contributed by atoms with Crippen molar-refractivity contribution in [1.82, 2.24) is 0 Å². The molecule has 62 heavy (non-hydrogen) atoms. The van der Waals surface area contributed by atoms with Gasteiger partial charge in [0, 0.05) is 17.1 Å². The fourth-order valence-electron chi connectivity index (χ4n) is 11.5. The molecule has 3 aliphatic rings. The average Bonchev–Trinajstić information content (AvgIpc) is 3.66. The summed E-state index contributed by atoms with van der Waals surface area (Å²) in [6.45, 7) is 0. The summed E-state index contributed by atoms with van der Waals surface area (Å²) < 4.78 is 0. The van der Waals surface area contributed by atoms with Gasteiger partial charge in [0.1, 0.15) is 0 Å². The number of hydrogen-bond acceptors (Lipinski definition) is 1. The summed E-state index contributed by atoms with van der Waals surface area (Å²) >= 11 is 0. The third-order valence-corrected chi connectivity index (χ3v) is 14.6. The molecule has 8 aromatic carbocycles. The van der Waals surface area contributed by atoms with Crippen molar-refractivity contribution >= 4 is 17.1 Å². The molecule has 0 aromatic heterocycles. The Morgan fingerprint density at radius 2 is 0.726 bits per heavy atom. The van der Waals surface area contributed by atoms with Crippen molar-refractivity contribution in [3.8, 4) is 33.4 Å². The topological polar surface area (TPSA) is 3.24 Å². The highest BCUT2D eigenvalue weighted by Crippen LogP contribution is 2.57. The van der Waals surface area contributed by atoms with E-state index in [4.69, 9.17) is 0 Å². The van der Waals surface area contributed by atoms with Gasteiger partial charge in [-0.25, -0.2) is 0 Å². The van der Waals surface area contributed by atoms with Gasteiger partial charge in [0.15, 0.2) is 0 Å². The first-order chi connectivity index (χ1) is 30.8. The fourth-order valence-corrected chi connectivity index (χ4v) is 11.5. The van der Waals surface area contributed by atoms with Gasteiger partial charge in [-0.3, -0.25) is 0 Å². The third-order valence-electron chi connectivity index (χ3n) is 14.6. The molecular formula is C61H55N. The number of benzene rings is 8. The summed E-state index contributed by atoms with van der Waals surface area (Å²) in [6.07, 6.45) is 13.4. The number of nitrogens with zero attached hydrogens (tertiary/aromatic N) is 1. The van der Waals surface area contributed by atoms with Crippen molar-refractivity contribution in [2.24, 2.45) is 0 Å². The van der Waals surface area contributed by atoms with E-state index in [1.54, 1.807) is 0 Å². The Morgan fingerprint density at radius 1 is 0.323 bits per heavy atom. The summed E-state index contributed by atoms with van der Waals surface area (Å²) in [6, 6.07) is 75.8. The van der Waals surface area contributed by atoms with Crippen molar-refractivity contribution < 1.29 is 0 Å². The smallest absolute Gasteiger partial charge is 0.0714 e. The van der Waals surface area contributed by atoms with E-state index in [0.29, 0.717) is 11.8 Å². The van der Waals surface area contributed by atoms with E-state index < -0.39 is 5.41 Å². The zero-order valence-corrected chi connectivity index (χ0v) is 35.7. The van der Waals surface area contributed by atoms with Crippen LogP contribution in [-0.2, 0) is 5.41 Å².